The van der Waals surface area contributed by atoms with Gasteiger partial charge in [0.25, 0.3) is 11.8 Å². The lowest BCUT2D eigenvalue weighted by Crippen LogP contribution is -2.44. The third-order valence-electron chi connectivity index (χ3n) is 3.11. The summed E-state index contributed by atoms with van der Waals surface area (Å²) in [5.74, 6) is -0.152. The first-order chi connectivity index (χ1) is 10.5. The smallest absolute Gasteiger partial charge is 0.273 e. The van der Waals surface area contributed by atoms with E-state index in [1.54, 1.807) is 19.9 Å². The molecule has 0 aliphatic carbocycles. The number of nitrogens with one attached hydrogen (secondary N) is 2. The number of carbonyl (C=O) groups excluding carboxylic acids is 2. The highest BCUT2D eigenvalue weighted by Crippen LogP contribution is 2.23. The van der Waals surface area contributed by atoms with Crippen molar-refractivity contribution >= 4 is 23.6 Å². The van der Waals surface area contributed by atoms with E-state index in [2.05, 4.69) is 10.9 Å². The molecule has 2 rings (SSSR count). The van der Waals surface area contributed by atoms with Crippen molar-refractivity contribution in [3.63, 3.8) is 0 Å². The van der Waals surface area contributed by atoms with E-state index in [4.69, 9.17) is 4.42 Å². The molecule has 1 aromatic heterocycles. The van der Waals surface area contributed by atoms with Crippen LogP contribution in [0.5, 0.6) is 0 Å². The third-order valence-corrected chi connectivity index (χ3v) is 4.22. The molecule has 0 saturated carbocycles. The fourth-order valence-corrected chi connectivity index (χ4v) is 2.65. The molecule has 1 unspecified atom stereocenters. The number of rotatable bonds is 4. The van der Waals surface area contributed by atoms with Crippen LogP contribution < -0.4 is 10.9 Å². The summed E-state index contributed by atoms with van der Waals surface area (Å²) in [6.45, 7) is 5.49. The number of carbonyl (C=O) groups is 2. The second-order valence-corrected chi connectivity index (χ2v) is 6.32. The van der Waals surface area contributed by atoms with Crippen molar-refractivity contribution < 1.29 is 14.0 Å². The summed E-state index contributed by atoms with van der Waals surface area (Å²) in [4.78, 5) is 24.9. The van der Waals surface area contributed by atoms with Crippen LogP contribution in [0.2, 0.25) is 0 Å². The van der Waals surface area contributed by atoms with Crippen LogP contribution in [-0.4, -0.2) is 17.1 Å². The highest BCUT2D eigenvalue weighted by molar-refractivity contribution is 8.00. The Balaban J connectivity index is 1.85. The minimum absolute atomic E-state index is 0.264. The summed E-state index contributed by atoms with van der Waals surface area (Å²) in [5, 5.41) is -0.326. The molecule has 0 fully saturated rings. The van der Waals surface area contributed by atoms with E-state index in [-0.39, 0.29) is 11.2 Å². The number of thioether (sulfide) groups is 1. The van der Waals surface area contributed by atoms with Gasteiger partial charge in [-0.15, -0.1) is 11.8 Å². The van der Waals surface area contributed by atoms with Crippen molar-refractivity contribution in [2.45, 2.75) is 30.9 Å². The lowest BCUT2D eigenvalue weighted by atomic mass is 10.2. The number of amides is 2. The molecule has 6 heteroatoms. The van der Waals surface area contributed by atoms with Crippen LogP contribution in [0, 0.1) is 13.8 Å². The average molecular weight is 318 g/mol. The van der Waals surface area contributed by atoms with Gasteiger partial charge >= 0.3 is 0 Å². The zero-order valence-electron chi connectivity index (χ0n) is 12.7. The Hall–Kier alpha value is -2.21. The minimum Gasteiger partial charge on any atom is -0.469 e. The maximum absolute atomic E-state index is 12.0. The fourth-order valence-electron chi connectivity index (χ4n) is 1.78. The van der Waals surface area contributed by atoms with Gasteiger partial charge < -0.3 is 4.42 Å². The molecular formula is C16H18N2O3S. The first kappa shape index (κ1) is 16.2. The van der Waals surface area contributed by atoms with Crippen LogP contribution in [0.15, 0.2) is 45.9 Å². The number of aryl methyl sites for hydroxylation is 2. The lowest BCUT2D eigenvalue weighted by molar-refractivity contribution is -0.121. The number of hydrazine groups is 1. The Morgan fingerprint density at radius 3 is 2.36 bits per heavy atom. The molecule has 0 radical (unpaired) electrons. The topological polar surface area (TPSA) is 71.3 Å². The highest BCUT2D eigenvalue weighted by atomic mass is 32.2. The van der Waals surface area contributed by atoms with Crippen molar-refractivity contribution in [3.05, 3.63) is 53.5 Å². The van der Waals surface area contributed by atoms with Gasteiger partial charge in [-0.1, -0.05) is 17.7 Å². The summed E-state index contributed by atoms with van der Waals surface area (Å²) < 4.78 is 5.05. The second kappa shape index (κ2) is 7.17. The molecule has 0 aliphatic heterocycles. The van der Waals surface area contributed by atoms with Crippen molar-refractivity contribution in [2.24, 2.45) is 0 Å². The van der Waals surface area contributed by atoms with Crippen LogP contribution >= 0.6 is 11.8 Å². The molecule has 2 N–H and O–H groups in total. The van der Waals surface area contributed by atoms with E-state index in [0.29, 0.717) is 11.3 Å². The van der Waals surface area contributed by atoms with Gasteiger partial charge in [0.05, 0.1) is 17.1 Å². The number of furan rings is 1. The van der Waals surface area contributed by atoms with Gasteiger partial charge in [0.2, 0.25) is 0 Å². The molecule has 1 heterocycles. The predicted octanol–water partition coefficient (Wildman–Crippen LogP) is 2.84. The lowest BCUT2D eigenvalue weighted by Gasteiger charge is -2.12. The number of benzene rings is 1. The van der Waals surface area contributed by atoms with Crippen LogP contribution in [0.25, 0.3) is 0 Å². The molecule has 2 amide bonds. The van der Waals surface area contributed by atoms with E-state index >= 15 is 0 Å². The Kier molecular flexibility index (Phi) is 5.27. The van der Waals surface area contributed by atoms with Crippen molar-refractivity contribution in [3.8, 4) is 0 Å². The van der Waals surface area contributed by atoms with Crippen molar-refractivity contribution in [1.82, 2.24) is 10.9 Å². The molecule has 22 heavy (non-hydrogen) atoms. The Morgan fingerprint density at radius 2 is 1.77 bits per heavy atom. The zero-order chi connectivity index (χ0) is 16.1. The normalized spacial score (nSPS) is 11.8. The van der Waals surface area contributed by atoms with Crippen LogP contribution in [-0.2, 0) is 4.79 Å². The maximum atomic E-state index is 12.0. The third kappa shape index (κ3) is 4.14. The molecule has 0 spiro atoms. The van der Waals surface area contributed by atoms with E-state index in [0.717, 1.165) is 4.90 Å². The molecule has 0 aliphatic rings. The molecule has 0 saturated heterocycles. The van der Waals surface area contributed by atoms with Crippen molar-refractivity contribution in [1.29, 1.82) is 0 Å². The standard InChI is InChI=1S/C16H18N2O3S/c1-10-4-6-13(7-5-10)22-12(3)15(19)17-18-16(20)14-8-9-21-11(14)2/h4-9,12H,1-3H3,(H,17,19)(H,18,20). The van der Waals surface area contributed by atoms with Gasteiger partial charge in [-0.05, 0) is 39.0 Å². The minimum atomic E-state index is -0.396. The van der Waals surface area contributed by atoms with Gasteiger partial charge in [-0.25, -0.2) is 0 Å². The first-order valence-electron chi connectivity index (χ1n) is 6.85. The van der Waals surface area contributed by atoms with Crippen LogP contribution in [0.1, 0.15) is 28.6 Å². The molecule has 1 aromatic carbocycles. The summed E-state index contributed by atoms with van der Waals surface area (Å²) in [6, 6.07) is 9.49. The van der Waals surface area contributed by atoms with E-state index in [9.17, 15) is 9.59 Å². The molecule has 5 nitrogen and oxygen atoms in total. The molecule has 1 atom stereocenters. The van der Waals surface area contributed by atoms with Gasteiger partial charge in [-0.3, -0.25) is 20.4 Å². The van der Waals surface area contributed by atoms with Gasteiger partial charge in [0.15, 0.2) is 0 Å². The summed E-state index contributed by atoms with van der Waals surface area (Å²) in [6.07, 6.45) is 1.43. The SMILES string of the molecule is Cc1ccc(SC(C)C(=O)NNC(=O)c2ccoc2C)cc1. The number of hydrogen-bond acceptors (Lipinski definition) is 4. The summed E-state index contributed by atoms with van der Waals surface area (Å²) in [7, 11) is 0. The van der Waals surface area contributed by atoms with E-state index < -0.39 is 5.91 Å². The summed E-state index contributed by atoms with van der Waals surface area (Å²) in [5.41, 5.74) is 6.39. The first-order valence-corrected chi connectivity index (χ1v) is 7.73. The molecule has 0 bridgehead atoms. The predicted molar refractivity (Wildman–Crippen MR) is 85.6 cm³/mol. The fraction of sp³-hybridized carbons (Fsp3) is 0.250. The van der Waals surface area contributed by atoms with E-state index in [1.807, 2.05) is 31.2 Å². The Bertz CT molecular complexity index is 664. The highest BCUT2D eigenvalue weighted by Gasteiger charge is 2.16. The second-order valence-electron chi connectivity index (χ2n) is 4.91. The summed E-state index contributed by atoms with van der Waals surface area (Å²) >= 11 is 1.43. The monoisotopic (exact) mass is 318 g/mol. The average Bonchev–Trinajstić information content (AvgIpc) is 2.93. The largest absolute Gasteiger partial charge is 0.469 e. The quantitative estimate of drug-likeness (QED) is 0.672. The van der Waals surface area contributed by atoms with Crippen molar-refractivity contribution in [2.75, 3.05) is 0 Å². The maximum Gasteiger partial charge on any atom is 0.273 e. The van der Waals surface area contributed by atoms with Gasteiger partial charge in [0, 0.05) is 4.90 Å². The van der Waals surface area contributed by atoms with Gasteiger partial charge in [0.1, 0.15) is 5.76 Å². The zero-order valence-corrected chi connectivity index (χ0v) is 13.5. The van der Waals surface area contributed by atoms with E-state index in [1.165, 1.54) is 23.6 Å². The van der Waals surface area contributed by atoms with Crippen LogP contribution in [0.3, 0.4) is 0 Å². The molecule has 2 aromatic rings. The molecule has 116 valence electrons. The Morgan fingerprint density at radius 1 is 1.09 bits per heavy atom. The number of hydrogen-bond donors (Lipinski definition) is 2. The Labute approximate surface area is 133 Å². The van der Waals surface area contributed by atoms with Crippen LogP contribution in [0.4, 0.5) is 0 Å². The molecular weight excluding hydrogens is 300 g/mol. The van der Waals surface area contributed by atoms with Gasteiger partial charge in [-0.2, -0.15) is 0 Å².